The fourth-order valence-electron chi connectivity index (χ4n) is 2.62. The summed E-state index contributed by atoms with van der Waals surface area (Å²) in [6.45, 7) is 6.06. The molecule has 1 amide bonds. The summed E-state index contributed by atoms with van der Waals surface area (Å²) >= 11 is 1.13. The van der Waals surface area contributed by atoms with E-state index >= 15 is 0 Å². The van der Waals surface area contributed by atoms with E-state index in [0.717, 1.165) is 16.9 Å². The van der Waals surface area contributed by atoms with Gasteiger partial charge in [0.1, 0.15) is 4.21 Å². The number of hydrogen-bond acceptors (Lipinski definition) is 6. The van der Waals surface area contributed by atoms with Crippen molar-refractivity contribution in [3.8, 4) is 0 Å². The van der Waals surface area contributed by atoms with Gasteiger partial charge in [0, 0.05) is 18.3 Å². The zero-order valence-electron chi connectivity index (χ0n) is 17.9. The largest absolute Gasteiger partial charge is 0.463 e. The lowest BCUT2D eigenvalue weighted by molar-refractivity contribution is -0.137. The van der Waals surface area contributed by atoms with E-state index < -0.39 is 21.9 Å². The predicted octanol–water partition coefficient (Wildman–Crippen LogP) is 4.00. The molecule has 0 spiro atoms. The molecule has 7 nitrogen and oxygen atoms in total. The third kappa shape index (κ3) is 7.93. The third-order valence-electron chi connectivity index (χ3n) is 4.26. The summed E-state index contributed by atoms with van der Waals surface area (Å²) in [6.07, 6.45) is 3.60. The highest BCUT2D eigenvalue weighted by atomic mass is 32.2. The smallest absolute Gasteiger partial charge is 0.330 e. The average Bonchev–Trinajstić information content (AvgIpc) is 3.26. The lowest BCUT2D eigenvalue weighted by Crippen LogP contribution is -2.38. The number of esters is 1. The van der Waals surface area contributed by atoms with Crippen LogP contribution in [-0.2, 0) is 24.3 Å². The number of carbonyl (C=O) groups excluding carboxylic acids is 2. The molecule has 0 radical (unpaired) electrons. The van der Waals surface area contributed by atoms with Crippen molar-refractivity contribution < 1.29 is 22.7 Å². The molecule has 1 heterocycles. The first kappa shape index (κ1) is 24.8. The quantitative estimate of drug-likeness (QED) is 0.401. The van der Waals surface area contributed by atoms with Crippen LogP contribution in [0.15, 0.2) is 52.1 Å². The highest BCUT2D eigenvalue weighted by molar-refractivity contribution is 7.91. The third-order valence-corrected chi connectivity index (χ3v) is 7.48. The van der Waals surface area contributed by atoms with Crippen molar-refractivity contribution >= 4 is 45.0 Å². The van der Waals surface area contributed by atoms with E-state index in [1.165, 1.54) is 10.4 Å². The van der Waals surface area contributed by atoms with Crippen LogP contribution in [0.3, 0.4) is 0 Å². The van der Waals surface area contributed by atoms with Crippen molar-refractivity contribution in [3.63, 3.8) is 0 Å². The normalized spacial score (nSPS) is 11.9. The molecular formula is C22H28N2O5S2. The van der Waals surface area contributed by atoms with Gasteiger partial charge < -0.3 is 10.1 Å². The second-order valence-corrected chi connectivity index (χ2v) is 10.3. The van der Waals surface area contributed by atoms with Crippen LogP contribution >= 0.6 is 11.3 Å². The molecule has 1 aromatic heterocycles. The summed E-state index contributed by atoms with van der Waals surface area (Å²) in [4.78, 5) is 23.9. The van der Waals surface area contributed by atoms with Gasteiger partial charge in [-0.05, 0) is 54.5 Å². The Morgan fingerprint density at radius 1 is 1.19 bits per heavy atom. The maximum Gasteiger partial charge on any atom is 0.330 e. The molecule has 0 unspecified atom stereocenters. The van der Waals surface area contributed by atoms with Gasteiger partial charge in [0.25, 0.3) is 10.0 Å². The van der Waals surface area contributed by atoms with Gasteiger partial charge in [-0.25, -0.2) is 13.2 Å². The number of rotatable bonds is 11. The van der Waals surface area contributed by atoms with Crippen molar-refractivity contribution in [1.29, 1.82) is 0 Å². The first-order valence-electron chi connectivity index (χ1n) is 10.0. The van der Waals surface area contributed by atoms with E-state index in [4.69, 9.17) is 4.74 Å². The highest BCUT2D eigenvalue weighted by Crippen LogP contribution is 2.22. The molecule has 0 aliphatic rings. The van der Waals surface area contributed by atoms with Gasteiger partial charge in [-0.15, -0.1) is 11.3 Å². The Morgan fingerprint density at radius 3 is 2.48 bits per heavy atom. The topological polar surface area (TPSA) is 92.8 Å². The Hall–Kier alpha value is -2.49. The number of amides is 1. The molecule has 0 aliphatic carbocycles. The van der Waals surface area contributed by atoms with Gasteiger partial charge in [0.2, 0.25) is 5.91 Å². The number of nitrogens with one attached hydrogen (secondary N) is 1. The van der Waals surface area contributed by atoms with Crippen LogP contribution in [0.4, 0.5) is 5.69 Å². The number of ether oxygens (including phenoxy) is 1. The van der Waals surface area contributed by atoms with Gasteiger partial charge in [-0.3, -0.25) is 4.79 Å². The first-order valence-corrected chi connectivity index (χ1v) is 12.3. The summed E-state index contributed by atoms with van der Waals surface area (Å²) in [5.74, 6) is -0.536. The minimum atomic E-state index is -3.73. The molecule has 0 aliphatic heterocycles. The Morgan fingerprint density at radius 2 is 1.90 bits per heavy atom. The standard InChI is InChI=1S/C22H28N2O5S2/c1-4-29-21(26)12-9-18-7-10-19(11-8-18)23-20(25)16-24(14-13-17(2)3)31(27,28)22-6-5-15-30-22/h5-12,15,17H,4,13-14,16H2,1-3H3,(H,23,25). The zero-order valence-corrected chi connectivity index (χ0v) is 19.5. The van der Waals surface area contributed by atoms with Crippen molar-refractivity contribution in [2.45, 2.75) is 31.4 Å². The monoisotopic (exact) mass is 464 g/mol. The van der Waals surface area contributed by atoms with Crippen LogP contribution in [0.2, 0.25) is 0 Å². The van der Waals surface area contributed by atoms with Gasteiger partial charge >= 0.3 is 5.97 Å². The summed E-state index contributed by atoms with van der Waals surface area (Å²) in [6, 6.07) is 10.1. The van der Waals surface area contributed by atoms with E-state index in [-0.39, 0.29) is 17.3 Å². The predicted molar refractivity (Wildman–Crippen MR) is 123 cm³/mol. The summed E-state index contributed by atoms with van der Waals surface area (Å²) in [5.41, 5.74) is 1.31. The van der Waals surface area contributed by atoms with Crippen molar-refractivity contribution in [2.75, 3.05) is 25.0 Å². The second kappa shape index (κ2) is 11.8. The Labute approximate surface area is 187 Å². The van der Waals surface area contributed by atoms with Gasteiger partial charge in [0.05, 0.1) is 13.2 Å². The molecule has 31 heavy (non-hydrogen) atoms. The fourth-order valence-corrected chi connectivity index (χ4v) is 5.17. The summed E-state index contributed by atoms with van der Waals surface area (Å²) in [7, 11) is -3.73. The van der Waals surface area contributed by atoms with Crippen LogP contribution < -0.4 is 5.32 Å². The summed E-state index contributed by atoms with van der Waals surface area (Å²) < 4.78 is 32.1. The number of benzene rings is 1. The second-order valence-electron chi connectivity index (χ2n) is 7.21. The van der Waals surface area contributed by atoms with Crippen molar-refractivity contribution in [1.82, 2.24) is 4.31 Å². The molecule has 1 N–H and O–H groups in total. The number of carbonyl (C=O) groups is 2. The van der Waals surface area contributed by atoms with Crippen LogP contribution in [-0.4, -0.2) is 44.3 Å². The zero-order chi connectivity index (χ0) is 22.9. The number of nitrogens with zero attached hydrogens (tertiary/aromatic N) is 1. The first-order chi connectivity index (χ1) is 14.7. The Bertz CT molecular complexity index is 981. The molecule has 0 saturated heterocycles. The lowest BCUT2D eigenvalue weighted by Gasteiger charge is -2.22. The van der Waals surface area contributed by atoms with E-state index in [1.807, 2.05) is 13.8 Å². The SMILES string of the molecule is CCOC(=O)C=Cc1ccc(NC(=O)CN(CCC(C)C)S(=O)(=O)c2cccs2)cc1. The molecule has 0 bridgehead atoms. The number of sulfonamides is 1. The lowest BCUT2D eigenvalue weighted by atomic mass is 10.1. The van der Waals surface area contributed by atoms with E-state index in [2.05, 4.69) is 5.32 Å². The Balaban J connectivity index is 2.04. The molecule has 168 valence electrons. The summed E-state index contributed by atoms with van der Waals surface area (Å²) in [5, 5.41) is 4.43. The molecular weight excluding hydrogens is 436 g/mol. The number of hydrogen-bond donors (Lipinski definition) is 1. The number of anilines is 1. The molecule has 0 fully saturated rings. The van der Waals surface area contributed by atoms with Crippen molar-refractivity contribution in [2.24, 2.45) is 5.92 Å². The minimum absolute atomic E-state index is 0.224. The van der Waals surface area contributed by atoms with Crippen LogP contribution in [0, 0.1) is 5.92 Å². The van der Waals surface area contributed by atoms with Crippen molar-refractivity contribution in [3.05, 3.63) is 53.4 Å². The average molecular weight is 465 g/mol. The van der Waals surface area contributed by atoms with Gasteiger partial charge in [-0.1, -0.05) is 32.0 Å². The highest BCUT2D eigenvalue weighted by Gasteiger charge is 2.27. The minimum Gasteiger partial charge on any atom is -0.463 e. The Kier molecular flexibility index (Phi) is 9.42. The van der Waals surface area contributed by atoms with E-state index in [0.29, 0.717) is 24.6 Å². The molecule has 9 heteroatoms. The molecule has 1 aromatic carbocycles. The fraction of sp³-hybridized carbons (Fsp3) is 0.364. The van der Waals surface area contributed by atoms with E-state index in [1.54, 1.807) is 54.8 Å². The van der Waals surface area contributed by atoms with Gasteiger partial charge in [0.15, 0.2) is 0 Å². The maximum atomic E-state index is 12.9. The van der Waals surface area contributed by atoms with Crippen LogP contribution in [0.1, 0.15) is 32.8 Å². The molecule has 2 aromatic rings. The molecule has 0 saturated carbocycles. The maximum absolute atomic E-state index is 12.9. The molecule has 0 atom stereocenters. The number of thiophene rings is 1. The van der Waals surface area contributed by atoms with Crippen LogP contribution in [0.5, 0.6) is 0 Å². The molecule has 2 rings (SSSR count). The van der Waals surface area contributed by atoms with Crippen LogP contribution in [0.25, 0.3) is 6.08 Å². The van der Waals surface area contributed by atoms with Gasteiger partial charge in [-0.2, -0.15) is 4.31 Å². The van der Waals surface area contributed by atoms with E-state index in [9.17, 15) is 18.0 Å².